The largest absolute Gasteiger partial charge is 0.491 e. The van der Waals surface area contributed by atoms with Gasteiger partial charge in [0.25, 0.3) is 0 Å². The van der Waals surface area contributed by atoms with E-state index < -0.39 is 0 Å². The highest BCUT2D eigenvalue weighted by Gasteiger charge is 2.29. The highest BCUT2D eigenvalue weighted by Crippen LogP contribution is 2.39. The van der Waals surface area contributed by atoms with Gasteiger partial charge in [-0.05, 0) is 66.1 Å². The Morgan fingerprint density at radius 3 is 2.42 bits per heavy atom. The second-order valence-electron chi connectivity index (χ2n) is 12.4. The van der Waals surface area contributed by atoms with Gasteiger partial charge in [-0.3, -0.25) is 0 Å². The lowest BCUT2D eigenvalue weighted by molar-refractivity contribution is 0.270. The average molecular weight is 533 g/mol. The van der Waals surface area contributed by atoms with Gasteiger partial charge in [-0.15, -0.1) is 0 Å². The first-order valence-corrected chi connectivity index (χ1v) is 14.3. The number of rotatable bonds is 6. The molecule has 206 valence electrons. The van der Waals surface area contributed by atoms with Crippen molar-refractivity contribution < 1.29 is 4.74 Å². The van der Waals surface area contributed by atoms with Crippen molar-refractivity contribution in [3.05, 3.63) is 94.2 Å². The monoisotopic (exact) mass is 532 g/mol. The normalized spacial score (nSPS) is 13.3. The minimum absolute atomic E-state index is 0.0825. The highest BCUT2D eigenvalue weighted by atomic mass is 16.5. The number of aryl methyl sites for hydroxylation is 2. The first-order chi connectivity index (χ1) is 19.1. The van der Waals surface area contributed by atoms with E-state index in [0.717, 1.165) is 53.5 Å². The number of para-hydroxylation sites is 1. The number of aromatic nitrogens is 2. The molecular formula is C35H40N4O. The lowest BCUT2D eigenvalue weighted by Gasteiger charge is -2.32. The molecule has 5 nitrogen and oxygen atoms in total. The molecule has 1 aromatic heterocycles. The Morgan fingerprint density at radius 1 is 1.00 bits per heavy atom. The fourth-order valence-corrected chi connectivity index (χ4v) is 5.43. The van der Waals surface area contributed by atoms with Crippen molar-refractivity contribution in [2.45, 2.75) is 66.8 Å². The van der Waals surface area contributed by atoms with Crippen LogP contribution in [0.25, 0.3) is 16.9 Å². The van der Waals surface area contributed by atoms with Gasteiger partial charge in [0.2, 0.25) is 0 Å². The van der Waals surface area contributed by atoms with E-state index in [2.05, 4.69) is 88.4 Å². The van der Waals surface area contributed by atoms with Gasteiger partial charge < -0.3 is 9.64 Å². The van der Waals surface area contributed by atoms with Gasteiger partial charge in [-0.1, -0.05) is 71.0 Å². The van der Waals surface area contributed by atoms with Gasteiger partial charge in [0.1, 0.15) is 11.4 Å². The van der Waals surface area contributed by atoms with Crippen molar-refractivity contribution >= 4 is 5.69 Å². The van der Waals surface area contributed by atoms with Gasteiger partial charge in [0, 0.05) is 36.3 Å². The van der Waals surface area contributed by atoms with E-state index in [0.29, 0.717) is 18.1 Å². The maximum Gasteiger partial charge on any atom is 0.145 e. The molecule has 0 aliphatic carbocycles. The quantitative estimate of drug-likeness (QED) is 0.253. The molecule has 0 amide bonds. The van der Waals surface area contributed by atoms with Gasteiger partial charge in [-0.2, -0.15) is 10.4 Å². The van der Waals surface area contributed by atoms with Crippen LogP contribution in [0.4, 0.5) is 5.69 Å². The Kier molecular flexibility index (Phi) is 7.47. The Balaban J connectivity index is 1.67. The smallest absolute Gasteiger partial charge is 0.145 e. The van der Waals surface area contributed by atoms with Crippen LogP contribution in [0.1, 0.15) is 68.1 Å². The predicted molar refractivity (Wildman–Crippen MR) is 163 cm³/mol. The summed E-state index contributed by atoms with van der Waals surface area (Å²) in [6, 6.07) is 23.2. The molecule has 0 N–H and O–H groups in total. The van der Waals surface area contributed by atoms with E-state index >= 15 is 0 Å². The van der Waals surface area contributed by atoms with Crippen LogP contribution in [0, 0.1) is 31.1 Å². The minimum Gasteiger partial charge on any atom is -0.491 e. The average Bonchev–Trinajstić information content (AvgIpc) is 3.29. The van der Waals surface area contributed by atoms with Crippen LogP contribution in [0.15, 0.2) is 60.7 Å². The number of fused-ring (bicyclic) bond motifs is 1. The molecule has 0 saturated heterocycles. The lowest BCUT2D eigenvalue weighted by Crippen LogP contribution is -2.31. The summed E-state index contributed by atoms with van der Waals surface area (Å²) in [5.41, 5.74) is 11.2. The van der Waals surface area contributed by atoms with Crippen LogP contribution in [0.2, 0.25) is 0 Å². The summed E-state index contributed by atoms with van der Waals surface area (Å²) in [5, 5.41) is 14.7. The van der Waals surface area contributed by atoms with Crippen molar-refractivity contribution in [3.8, 4) is 28.8 Å². The Bertz CT molecular complexity index is 1560. The molecular weight excluding hydrogens is 492 g/mol. The van der Waals surface area contributed by atoms with Crippen molar-refractivity contribution in [1.29, 1.82) is 5.26 Å². The number of anilines is 1. The van der Waals surface area contributed by atoms with E-state index in [-0.39, 0.29) is 5.41 Å². The SMILES string of the molecule is Cc1ccc(C(C)(C)C)cc1N1CCc2nn(-c3c(C)cccc3OCC(C)C)c(-c3ccc(C#N)cc3)c2C1. The molecule has 4 aromatic rings. The standard InChI is InChI=1S/C35H40N4O/c1-23(2)22-40-32-10-8-9-25(4)33(32)39-34(27-14-12-26(20-36)13-15-27)29-21-38(18-17-30(29)37-39)31-19-28(35(5,6)7)16-11-24(31)3/h8-16,19,23H,17-18,21-22H2,1-7H3. The number of nitriles is 1. The van der Waals surface area contributed by atoms with Crippen LogP contribution >= 0.6 is 0 Å². The zero-order valence-electron chi connectivity index (χ0n) is 24.9. The van der Waals surface area contributed by atoms with E-state index in [1.807, 2.05) is 36.4 Å². The maximum atomic E-state index is 9.44. The van der Waals surface area contributed by atoms with E-state index in [1.54, 1.807) is 0 Å². The first kappa shape index (κ1) is 27.5. The van der Waals surface area contributed by atoms with E-state index in [4.69, 9.17) is 9.84 Å². The fourth-order valence-electron chi connectivity index (χ4n) is 5.43. The summed E-state index contributed by atoms with van der Waals surface area (Å²) in [4.78, 5) is 2.50. The predicted octanol–water partition coefficient (Wildman–Crippen LogP) is 7.92. The third-order valence-corrected chi connectivity index (χ3v) is 7.72. The summed E-state index contributed by atoms with van der Waals surface area (Å²) in [6.07, 6.45) is 0.860. The summed E-state index contributed by atoms with van der Waals surface area (Å²) in [6.45, 7) is 17.8. The Hall–Kier alpha value is -4.04. The molecule has 0 fully saturated rings. The Labute approximate surface area is 239 Å². The zero-order chi connectivity index (χ0) is 28.6. The molecule has 5 rings (SSSR count). The van der Waals surface area contributed by atoms with Gasteiger partial charge in [0.05, 0.1) is 29.6 Å². The number of hydrogen-bond acceptors (Lipinski definition) is 4. The minimum atomic E-state index is 0.0825. The van der Waals surface area contributed by atoms with Crippen LogP contribution in [0.3, 0.4) is 0 Å². The number of ether oxygens (including phenoxy) is 1. The van der Waals surface area contributed by atoms with Crippen molar-refractivity contribution in [1.82, 2.24) is 9.78 Å². The third-order valence-electron chi connectivity index (χ3n) is 7.72. The van der Waals surface area contributed by atoms with E-state index in [1.165, 1.54) is 22.4 Å². The van der Waals surface area contributed by atoms with Crippen LogP contribution in [-0.4, -0.2) is 22.9 Å². The first-order valence-electron chi connectivity index (χ1n) is 14.3. The van der Waals surface area contributed by atoms with Crippen LogP contribution in [-0.2, 0) is 18.4 Å². The lowest BCUT2D eigenvalue weighted by atomic mass is 9.86. The van der Waals surface area contributed by atoms with Gasteiger partial charge >= 0.3 is 0 Å². The van der Waals surface area contributed by atoms with Gasteiger partial charge in [0.15, 0.2) is 0 Å². The maximum absolute atomic E-state index is 9.44. The molecule has 0 spiro atoms. The summed E-state index contributed by atoms with van der Waals surface area (Å²) < 4.78 is 8.43. The Morgan fingerprint density at radius 2 is 1.75 bits per heavy atom. The second kappa shape index (κ2) is 10.8. The third kappa shape index (κ3) is 5.36. The molecule has 1 aliphatic rings. The molecule has 0 atom stereocenters. The highest BCUT2D eigenvalue weighted by molar-refractivity contribution is 5.71. The fraction of sp³-hybridized carbons (Fsp3) is 0.371. The molecule has 2 heterocycles. The molecule has 0 bridgehead atoms. The van der Waals surface area contributed by atoms with Gasteiger partial charge in [-0.25, -0.2) is 4.68 Å². The summed E-state index contributed by atoms with van der Waals surface area (Å²) in [5.74, 6) is 1.26. The molecule has 0 radical (unpaired) electrons. The molecule has 40 heavy (non-hydrogen) atoms. The zero-order valence-corrected chi connectivity index (χ0v) is 24.9. The summed E-state index contributed by atoms with van der Waals surface area (Å²) in [7, 11) is 0. The van der Waals surface area contributed by atoms with Crippen molar-refractivity contribution in [3.63, 3.8) is 0 Å². The van der Waals surface area contributed by atoms with Crippen molar-refractivity contribution in [2.75, 3.05) is 18.1 Å². The number of benzene rings is 3. The summed E-state index contributed by atoms with van der Waals surface area (Å²) >= 11 is 0. The van der Waals surface area contributed by atoms with Crippen LogP contribution < -0.4 is 9.64 Å². The second-order valence-corrected chi connectivity index (χ2v) is 12.4. The molecule has 0 saturated carbocycles. The molecule has 5 heteroatoms. The number of nitrogens with zero attached hydrogens (tertiary/aromatic N) is 4. The molecule has 1 aliphatic heterocycles. The topological polar surface area (TPSA) is 54.1 Å². The molecule has 0 unspecified atom stereocenters. The number of hydrogen-bond donors (Lipinski definition) is 0. The molecule has 3 aromatic carbocycles. The van der Waals surface area contributed by atoms with E-state index in [9.17, 15) is 5.26 Å². The van der Waals surface area contributed by atoms with Crippen molar-refractivity contribution in [2.24, 2.45) is 5.92 Å². The van der Waals surface area contributed by atoms with Crippen LogP contribution in [0.5, 0.6) is 5.75 Å².